The molecule has 0 aromatic carbocycles. The predicted octanol–water partition coefficient (Wildman–Crippen LogP) is 1.68. The summed E-state index contributed by atoms with van der Waals surface area (Å²) in [6, 6.07) is -0.352. The Kier molecular flexibility index (Phi) is 5.62. The van der Waals surface area contributed by atoms with E-state index < -0.39 is 0 Å². The highest BCUT2D eigenvalue weighted by molar-refractivity contribution is 5.88. The van der Waals surface area contributed by atoms with Gasteiger partial charge in [0, 0.05) is 19.4 Å². The minimum Gasteiger partial charge on any atom is -0.378 e. The van der Waals surface area contributed by atoms with E-state index in [4.69, 9.17) is 4.74 Å². The van der Waals surface area contributed by atoms with Crippen LogP contribution in [0, 0.1) is 5.92 Å². The second-order valence-corrected chi connectivity index (χ2v) is 4.73. The Morgan fingerprint density at radius 3 is 2.53 bits per heavy atom. The summed E-state index contributed by atoms with van der Waals surface area (Å²) in [5, 5.41) is 2.75. The average molecular weight is 241 g/mol. The highest BCUT2D eigenvalue weighted by atomic mass is 16.5. The number of Topliss-reactive ketones (excluding diaryl/α,β-unsaturated/α-hetero) is 1. The van der Waals surface area contributed by atoms with Gasteiger partial charge in [-0.05, 0) is 32.6 Å². The summed E-state index contributed by atoms with van der Waals surface area (Å²) in [6.07, 6.45) is 3.27. The van der Waals surface area contributed by atoms with Crippen LogP contribution in [0.1, 0.15) is 46.5 Å². The standard InChI is InChI=1S/C13H23NO3/c1-4-12(15)9(3)14-13(16)8-10-6-11(7-10)17-5-2/h9-11H,4-8H2,1-3H3,(H,14,16). The Hall–Kier alpha value is -0.900. The molecule has 0 bridgehead atoms. The molecule has 17 heavy (non-hydrogen) atoms. The van der Waals surface area contributed by atoms with Gasteiger partial charge in [-0.1, -0.05) is 6.92 Å². The molecule has 1 N–H and O–H groups in total. The molecule has 0 aliphatic heterocycles. The van der Waals surface area contributed by atoms with E-state index in [1.807, 2.05) is 13.8 Å². The van der Waals surface area contributed by atoms with Crippen molar-refractivity contribution >= 4 is 11.7 Å². The van der Waals surface area contributed by atoms with E-state index in [2.05, 4.69) is 5.32 Å². The van der Waals surface area contributed by atoms with Crippen LogP contribution in [0.4, 0.5) is 0 Å². The van der Waals surface area contributed by atoms with Crippen LogP contribution in [0.3, 0.4) is 0 Å². The van der Waals surface area contributed by atoms with E-state index in [1.54, 1.807) is 6.92 Å². The van der Waals surface area contributed by atoms with Crippen LogP contribution in [0.25, 0.3) is 0 Å². The monoisotopic (exact) mass is 241 g/mol. The number of nitrogens with one attached hydrogen (secondary N) is 1. The van der Waals surface area contributed by atoms with Crippen molar-refractivity contribution in [1.82, 2.24) is 5.32 Å². The molecule has 1 aliphatic carbocycles. The Morgan fingerprint density at radius 1 is 1.35 bits per heavy atom. The van der Waals surface area contributed by atoms with E-state index in [-0.39, 0.29) is 17.7 Å². The summed E-state index contributed by atoms with van der Waals surface area (Å²) in [6.45, 7) is 6.28. The third-order valence-electron chi connectivity index (χ3n) is 3.28. The van der Waals surface area contributed by atoms with Crippen LogP contribution < -0.4 is 5.32 Å². The minimum absolute atomic E-state index is 0.0146. The topological polar surface area (TPSA) is 55.4 Å². The molecule has 1 atom stereocenters. The summed E-state index contributed by atoms with van der Waals surface area (Å²) < 4.78 is 5.44. The van der Waals surface area contributed by atoms with Crippen LogP contribution in [-0.4, -0.2) is 30.4 Å². The van der Waals surface area contributed by atoms with Crippen LogP contribution in [0.2, 0.25) is 0 Å². The van der Waals surface area contributed by atoms with E-state index in [9.17, 15) is 9.59 Å². The zero-order valence-electron chi connectivity index (χ0n) is 11.0. The summed E-state index contributed by atoms with van der Waals surface area (Å²) in [4.78, 5) is 23.0. The molecule has 0 radical (unpaired) electrons. The summed E-state index contributed by atoms with van der Waals surface area (Å²) in [5.41, 5.74) is 0. The van der Waals surface area contributed by atoms with Gasteiger partial charge in [0.25, 0.3) is 0 Å². The van der Waals surface area contributed by atoms with Gasteiger partial charge in [-0.3, -0.25) is 9.59 Å². The molecule has 0 saturated heterocycles. The number of ether oxygens (including phenoxy) is 1. The van der Waals surface area contributed by atoms with Crippen molar-refractivity contribution in [2.45, 2.75) is 58.6 Å². The Labute approximate surface area is 103 Å². The van der Waals surface area contributed by atoms with Crippen molar-refractivity contribution in [2.75, 3.05) is 6.61 Å². The molecule has 0 aromatic rings. The van der Waals surface area contributed by atoms with Crippen molar-refractivity contribution in [3.05, 3.63) is 0 Å². The van der Waals surface area contributed by atoms with E-state index in [1.165, 1.54) is 0 Å². The van der Waals surface area contributed by atoms with Crippen LogP contribution in [-0.2, 0) is 14.3 Å². The van der Waals surface area contributed by atoms with Gasteiger partial charge in [0.15, 0.2) is 5.78 Å². The number of rotatable bonds is 7. The summed E-state index contributed by atoms with van der Waals surface area (Å²) >= 11 is 0. The molecule has 1 aliphatic rings. The molecule has 4 nitrogen and oxygen atoms in total. The lowest BCUT2D eigenvalue weighted by Crippen LogP contribution is -2.41. The van der Waals surface area contributed by atoms with Gasteiger partial charge in [-0.25, -0.2) is 0 Å². The first-order valence-corrected chi connectivity index (χ1v) is 6.50. The lowest BCUT2D eigenvalue weighted by molar-refractivity contribution is -0.129. The van der Waals surface area contributed by atoms with Gasteiger partial charge < -0.3 is 10.1 Å². The maximum atomic E-state index is 11.6. The molecule has 4 heteroatoms. The van der Waals surface area contributed by atoms with Crippen molar-refractivity contribution in [3.8, 4) is 0 Å². The van der Waals surface area contributed by atoms with Crippen molar-refractivity contribution in [2.24, 2.45) is 5.92 Å². The molecule has 98 valence electrons. The molecule has 0 heterocycles. The quantitative estimate of drug-likeness (QED) is 0.737. The van der Waals surface area contributed by atoms with E-state index in [0.29, 0.717) is 24.9 Å². The molecule has 0 aromatic heterocycles. The number of hydrogen-bond acceptors (Lipinski definition) is 3. The van der Waals surface area contributed by atoms with Gasteiger partial charge in [0.2, 0.25) is 5.91 Å². The Bertz CT molecular complexity index is 272. The van der Waals surface area contributed by atoms with E-state index in [0.717, 1.165) is 19.4 Å². The van der Waals surface area contributed by atoms with E-state index >= 15 is 0 Å². The second kappa shape index (κ2) is 6.74. The molecular formula is C13H23NO3. The molecule has 1 fully saturated rings. The Morgan fingerprint density at radius 2 is 2.00 bits per heavy atom. The molecule has 1 rings (SSSR count). The first-order chi connectivity index (χ1) is 8.06. The fourth-order valence-electron chi connectivity index (χ4n) is 2.16. The number of carbonyl (C=O) groups is 2. The zero-order chi connectivity index (χ0) is 12.8. The first kappa shape index (κ1) is 14.2. The maximum absolute atomic E-state index is 11.6. The lowest BCUT2D eigenvalue weighted by Gasteiger charge is -2.34. The Balaban J connectivity index is 2.16. The van der Waals surface area contributed by atoms with Crippen molar-refractivity contribution in [3.63, 3.8) is 0 Å². The molecule has 1 saturated carbocycles. The summed E-state index contributed by atoms with van der Waals surface area (Å²) in [5.74, 6) is 0.494. The minimum atomic E-state index is -0.352. The first-order valence-electron chi connectivity index (χ1n) is 6.50. The van der Waals surface area contributed by atoms with Crippen LogP contribution in [0.15, 0.2) is 0 Å². The van der Waals surface area contributed by atoms with Gasteiger partial charge in [0.1, 0.15) is 0 Å². The number of amides is 1. The molecule has 1 unspecified atom stereocenters. The molecular weight excluding hydrogens is 218 g/mol. The number of ketones is 1. The highest BCUT2D eigenvalue weighted by Crippen LogP contribution is 2.32. The average Bonchev–Trinajstić information content (AvgIpc) is 2.25. The van der Waals surface area contributed by atoms with Gasteiger partial charge >= 0.3 is 0 Å². The smallest absolute Gasteiger partial charge is 0.220 e. The van der Waals surface area contributed by atoms with Crippen LogP contribution in [0.5, 0.6) is 0 Å². The van der Waals surface area contributed by atoms with Gasteiger partial charge in [-0.15, -0.1) is 0 Å². The third kappa shape index (κ3) is 4.46. The number of carbonyl (C=O) groups excluding carboxylic acids is 2. The third-order valence-corrected chi connectivity index (χ3v) is 3.28. The van der Waals surface area contributed by atoms with Gasteiger partial charge in [0.05, 0.1) is 12.1 Å². The summed E-state index contributed by atoms with van der Waals surface area (Å²) in [7, 11) is 0. The molecule has 0 spiro atoms. The largest absolute Gasteiger partial charge is 0.378 e. The molecule has 1 amide bonds. The SMILES string of the molecule is CCOC1CC(CC(=O)NC(C)C(=O)CC)C1. The fourth-order valence-corrected chi connectivity index (χ4v) is 2.16. The maximum Gasteiger partial charge on any atom is 0.220 e. The number of hydrogen-bond donors (Lipinski definition) is 1. The fraction of sp³-hybridized carbons (Fsp3) is 0.846. The second-order valence-electron chi connectivity index (χ2n) is 4.73. The highest BCUT2D eigenvalue weighted by Gasteiger charge is 2.31. The van der Waals surface area contributed by atoms with Crippen LogP contribution >= 0.6 is 0 Å². The van der Waals surface area contributed by atoms with Crippen molar-refractivity contribution < 1.29 is 14.3 Å². The lowest BCUT2D eigenvalue weighted by atomic mass is 9.80. The predicted molar refractivity (Wildman–Crippen MR) is 65.7 cm³/mol. The zero-order valence-corrected chi connectivity index (χ0v) is 11.0. The van der Waals surface area contributed by atoms with Gasteiger partial charge in [-0.2, -0.15) is 0 Å². The normalized spacial score (nSPS) is 24.9. The van der Waals surface area contributed by atoms with Crippen molar-refractivity contribution in [1.29, 1.82) is 0 Å².